The van der Waals surface area contributed by atoms with Gasteiger partial charge in [-0.15, -0.1) is 0 Å². The summed E-state index contributed by atoms with van der Waals surface area (Å²) < 4.78 is 0. The van der Waals surface area contributed by atoms with Crippen molar-refractivity contribution in [3.63, 3.8) is 0 Å². The maximum absolute atomic E-state index is 11.6. The van der Waals surface area contributed by atoms with Crippen LogP contribution in [0.25, 0.3) is 0 Å². The van der Waals surface area contributed by atoms with Gasteiger partial charge in [0, 0.05) is 38.3 Å². The Bertz CT molecular complexity index is 322. The number of primary amides is 1. The van der Waals surface area contributed by atoms with Crippen LogP contribution in [-0.2, 0) is 4.79 Å². The molecule has 3 N–H and O–H groups in total. The smallest absolute Gasteiger partial charge is 0.236 e. The second-order valence-electron chi connectivity index (χ2n) is 5.82. The Kier molecular flexibility index (Phi) is 3.54. The van der Waals surface area contributed by atoms with E-state index in [2.05, 4.69) is 15.1 Å². The van der Waals surface area contributed by atoms with Crippen LogP contribution in [-0.4, -0.2) is 66.6 Å². The predicted molar refractivity (Wildman–Crippen MR) is 70.2 cm³/mol. The zero-order valence-corrected chi connectivity index (χ0v) is 11.0. The summed E-state index contributed by atoms with van der Waals surface area (Å²) in [4.78, 5) is 16.6. The fraction of sp³-hybridized carbons (Fsp3) is 0.923. The minimum Gasteiger partial charge on any atom is -0.368 e. The molecule has 0 aromatic heterocycles. The molecule has 5 heteroatoms. The molecular weight excluding hydrogens is 228 g/mol. The summed E-state index contributed by atoms with van der Waals surface area (Å²) in [5, 5.41) is 3.29. The molecule has 0 aromatic rings. The van der Waals surface area contributed by atoms with Crippen molar-refractivity contribution in [3.8, 4) is 0 Å². The first-order chi connectivity index (χ1) is 8.77. The van der Waals surface area contributed by atoms with Crippen molar-refractivity contribution in [2.24, 2.45) is 5.73 Å². The molecule has 3 rings (SSSR count). The van der Waals surface area contributed by atoms with E-state index < -0.39 is 0 Å². The molecule has 3 unspecified atom stereocenters. The van der Waals surface area contributed by atoms with Gasteiger partial charge in [-0.1, -0.05) is 6.42 Å². The Morgan fingerprint density at radius 1 is 1.11 bits per heavy atom. The van der Waals surface area contributed by atoms with Crippen molar-refractivity contribution in [2.75, 3.05) is 32.7 Å². The average Bonchev–Trinajstić information content (AvgIpc) is 2.82. The van der Waals surface area contributed by atoms with Gasteiger partial charge in [0.15, 0.2) is 0 Å². The van der Waals surface area contributed by atoms with E-state index in [9.17, 15) is 4.79 Å². The zero-order valence-electron chi connectivity index (χ0n) is 11.0. The molecule has 0 bridgehead atoms. The van der Waals surface area contributed by atoms with E-state index in [4.69, 9.17) is 5.73 Å². The number of carbonyl (C=O) groups excluding carboxylic acids is 1. The van der Waals surface area contributed by atoms with Crippen molar-refractivity contribution >= 4 is 5.91 Å². The molecule has 3 atom stereocenters. The zero-order chi connectivity index (χ0) is 12.5. The van der Waals surface area contributed by atoms with E-state index in [1.165, 1.54) is 38.8 Å². The van der Waals surface area contributed by atoms with Crippen LogP contribution in [0.15, 0.2) is 0 Å². The summed E-state index contributed by atoms with van der Waals surface area (Å²) in [5.41, 5.74) is 5.56. The topological polar surface area (TPSA) is 61.6 Å². The number of nitrogens with two attached hydrogens (primary N) is 1. The van der Waals surface area contributed by atoms with Gasteiger partial charge in [0.25, 0.3) is 0 Å². The van der Waals surface area contributed by atoms with Gasteiger partial charge in [-0.05, 0) is 25.8 Å². The number of piperazine rings is 1. The van der Waals surface area contributed by atoms with Gasteiger partial charge in [0.05, 0.1) is 0 Å². The lowest BCUT2D eigenvalue weighted by Crippen LogP contribution is -2.62. The summed E-state index contributed by atoms with van der Waals surface area (Å²) in [6.07, 6.45) is 5.17. The molecule has 3 saturated heterocycles. The summed E-state index contributed by atoms with van der Waals surface area (Å²) in [5.74, 6) is -0.170. The fourth-order valence-electron chi connectivity index (χ4n) is 3.99. The van der Waals surface area contributed by atoms with Crippen molar-refractivity contribution in [1.29, 1.82) is 0 Å². The molecule has 0 aromatic carbocycles. The van der Waals surface area contributed by atoms with E-state index in [1.54, 1.807) is 0 Å². The molecule has 102 valence electrons. The molecule has 3 aliphatic rings. The Morgan fingerprint density at radius 2 is 2.00 bits per heavy atom. The third kappa shape index (κ3) is 2.15. The van der Waals surface area contributed by atoms with Gasteiger partial charge in [-0.25, -0.2) is 0 Å². The highest BCUT2D eigenvalue weighted by atomic mass is 16.1. The first-order valence-corrected chi connectivity index (χ1v) is 7.27. The molecule has 0 saturated carbocycles. The van der Waals surface area contributed by atoms with Gasteiger partial charge >= 0.3 is 0 Å². The molecule has 3 heterocycles. The van der Waals surface area contributed by atoms with Crippen molar-refractivity contribution < 1.29 is 4.79 Å². The molecular formula is C13H24N4O. The normalized spacial score (nSPS) is 38.6. The highest BCUT2D eigenvalue weighted by Gasteiger charge is 2.42. The lowest BCUT2D eigenvalue weighted by Gasteiger charge is -2.43. The van der Waals surface area contributed by atoms with Gasteiger partial charge in [0.1, 0.15) is 6.04 Å². The lowest BCUT2D eigenvalue weighted by atomic mass is 9.96. The molecule has 0 radical (unpaired) electrons. The van der Waals surface area contributed by atoms with Crippen LogP contribution in [0.5, 0.6) is 0 Å². The van der Waals surface area contributed by atoms with Crippen LogP contribution in [0.1, 0.15) is 25.7 Å². The van der Waals surface area contributed by atoms with E-state index in [1.807, 2.05) is 0 Å². The second-order valence-corrected chi connectivity index (χ2v) is 5.82. The highest BCUT2D eigenvalue weighted by molar-refractivity contribution is 5.80. The SMILES string of the molecule is NC(=O)C1CNCCN1C1CCN2CCCCC12. The first-order valence-electron chi connectivity index (χ1n) is 7.27. The highest BCUT2D eigenvalue weighted by Crippen LogP contribution is 2.31. The molecule has 1 amide bonds. The quantitative estimate of drug-likeness (QED) is 0.687. The molecule has 0 aliphatic carbocycles. The van der Waals surface area contributed by atoms with Crippen molar-refractivity contribution in [1.82, 2.24) is 15.1 Å². The third-order valence-electron chi connectivity index (χ3n) is 4.86. The number of piperidine rings is 1. The van der Waals surface area contributed by atoms with Crippen LogP contribution < -0.4 is 11.1 Å². The first kappa shape index (κ1) is 12.4. The number of hydrogen-bond donors (Lipinski definition) is 2. The maximum atomic E-state index is 11.6. The molecule has 5 nitrogen and oxygen atoms in total. The number of nitrogens with one attached hydrogen (secondary N) is 1. The van der Waals surface area contributed by atoms with Crippen LogP contribution >= 0.6 is 0 Å². The van der Waals surface area contributed by atoms with Crippen LogP contribution in [0.3, 0.4) is 0 Å². The Hall–Kier alpha value is -0.650. The lowest BCUT2D eigenvalue weighted by molar-refractivity contribution is -0.125. The molecule has 0 spiro atoms. The van der Waals surface area contributed by atoms with E-state index in [0.717, 1.165) is 19.6 Å². The van der Waals surface area contributed by atoms with Gasteiger partial charge in [-0.3, -0.25) is 14.6 Å². The van der Waals surface area contributed by atoms with E-state index in [0.29, 0.717) is 12.1 Å². The van der Waals surface area contributed by atoms with Gasteiger partial charge in [0.2, 0.25) is 5.91 Å². The standard InChI is InChI=1S/C13H24N4O/c14-13(18)12-9-15-5-8-17(12)11-4-7-16-6-2-1-3-10(11)16/h10-12,15H,1-9H2,(H2,14,18). The fourth-order valence-corrected chi connectivity index (χ4v) is 3.99. The minimum atomic E-state index is -0.170. The van der Waals surface area contributed by atoms with E-state index in [-0.39, 0.29) is 11.9 Å². The number of rotatable bonds is 2. The molecule has 18 heavy (non-hydrogen) atoms. The predicted octanol–water partition coefficient (Wildman–Crippen LogP) is -0.628. The average molecular weight is 252 g/mol. The van der Waals surface area contributed by atoms with Crippen molar-refractivity contribution in [3.05, 3.63) is 0 Å². The van der Waals surface area contributed by atoms with Crippen LogP contribution in [0, 0.1) is 0 Å². The summed E-state index contributed by atoms with van der Waals surface area (Å²) >= 11 is 0. The van der Waals surface area contributed by atoms with E-state index >= 15 is 0 Å². The number of nitrogens with zero attached hydrogens (tertiary/aromatic N) is 2. The minimum absolute atomic E-state index is 0.106. The Morgan fingerprint density at radius 3 is 2.83 bits per heavy atom. The number of carbonyl (C=O) groups is 1. The Balaban J connectivity index is 1.74. The summed E-state index contributed by atoms with van der Waals surface area (Å²) in [6, 6.07) is 1.11. The molecule has 3 aliphatic heterocycles. The number of amides is 1. The number of hydrogen-bond acceptors (Lipinski definition) is 4. The van der Waals surface area contributed by atoms with Crippen LogP contribution in [0.4, 0.5) is 0 Å². The van der Waals surface area contributed by atoms with Gasteiger partial charge in [-0.2, -0.15) is 0 Å². The summed E-state index contributed by atoms with van der Waals surface area (Å²) in [6.45, 7) is 5.10. The monoisotopic (exact) mass is 252 g/mol. The van der Waals surface area contributed by atoms with Crippen LogP contribution in [0.2, 0.25) is 0 Å². The maximum Gasteiger partial charge on any atom is 0.236 e. The number of fused-ring (bicyclic) bond motifs is 1. The third-order valence-corrected chi connectivity index (χ3v) is 4.86. The molecule has 3 fully saturated rings. The summed E-state index contributed by atoms with van der Waals surface area (Å²) in [7, 11) is 0. The largest absolute Gasteiger partial charge is 0.368 e. The second kappa shape index (κ2) is 5.15. The Labute approximate surface area is 109 Å². The van der Waals surface area contributed by atoms with Gasteiger partial charge < -0.3 is 11.1 Å². The van der Waals surface area contributed by atoms with Crippen molar-refractivity contribution in [2.45, 2.75) is 43.8 Å².